The summed E-state index contributed by atoms with van der Waals surface area (Å²) in [5.41, 5.74) is 19.8. The molecule has 2 aromatic carbocycles. The molecule has 2 rings (SSSR count). The van der Waals surface area contributed by atoms with E-state index in [1.54, 1.807) is 7.11 Å². The van der Waals surface area contributed by atoms with Gasteiger partial charge in [-0.3, -0.25) is 0 Å². The summed E-state index contributed by atoms with van der Waals surface area (Å²) in [5.74, 6) is 0. The van der Waals surface area contributed by atoms with Crippen molar-refractivity contribution in [1.82, 2.24) is 0 Å². The molecule has 2 aromatic rings. The van der Waals surface area contributed by atoms with Gasteiger partial charge >= 0.3 is 0 Å². The van der Waals surface area contributed by atoms with Gasteiger partial charge in [0, 0.05) is 25.8 Å². The fraction of sp³-hybridized carbons (Fsp3) is 0.571. The molecule has 0 aliphatic carbocycles. The third kappa shape index (κ3) is 8.76. The molecule has 4 N–H and O–H groups in total. The Hall–Kier alpha value is -1.68. The standard InChI is InChI=1S/C28H44N2O/c1-4-6-8-12-22-14-16-25(17-15-22)27(29)28(30)26-20-23(11-7-5-2)19-24(21-26)13-9-10-18-31-3/h14-17,19-21,27-28H,4-13,18,29-30H2,1-3H3. The second-order valence-electron chi connectivity index (χ2n) is 8.89. The smallest absolute Gasteiger partial charge is 0.0491 e. The number of hydrogen-bond acceptors (Lipinski definition) is 3. The molecule has 0 spiro atoms. The normalized spacial score (nSPS) is 13.3. The van der Waals surface area contributed by atoms with Crippen LogP contribution in [0.3, 0.4) is 0 Å². The minimum Gasteiger partial charge on any atom is -0.385 e. The molecule has 0 heterocycles. The fourth-order valence-electron chi connectivity index (χ4n) is 4.13. The molecule has 0 saturated heterocycles. The minimum absolute atomic E-state index is 0.201. The zero-order valence-electron chi connectivity index (χ0n) is 20.0. The lowest BCUT2D eigenvalue weighted by molar-refractivity contribution is 0.193. The molecule has 3 heteroatoms. The molecular formula is C28H44N2O. The Morgan fingerprint density at radius 2 is 1.19 bits per heavy atom. The van der Waals surface area contributed by atoms with Crippen LogP contribution in [-0.2, 0) is 24.0 Å². The molecule has 0 aliphatic heterocycles. The van der Waals surface area contributed by atoms with E-state index < -0.39 is 0 Å². The maximum Gasteiger partial charge on any atom is 0.0491 e. The highest BCUT2D eigenvalue weighted by Crippen LogP contribution is 2.28. The molecule has 0 aromatic heterocycles. The molecule has 2 unspecified atom stereocenters. The van der Waals surface area contributed by atoms with Crippen LogP contribution in [0.25, 0.3) is 0 Å². The van der Waals surface area contributed by atoms with E-state index in [2.05, 4.69) is 56.3 Å². The van der Waals surface area contributed by atoms with Crippen molar-refractivity contribution < 1.29 is 4.74 Å². The number of rotatable bonds is 15. The van der Waals surface area contributed by atoms with Gasteiger partial charge in [-0.2, -0.15) is 0 Å². The first-order valence-electron chi connectivity index (χ1n) is 12.3. The third-order valence-electron chi connectivity index (χ3n) is 6.16. The number of nitrogens with two attached hydrogens (primary N) is 2. The summed E-state index contributed by atoms with van der Waals surface area (Å²) in [4.78, 5) is 0. The molecule has 172 valence electrons. The predicted molar refractivity (Wildman–Crippen MR) is 133 cm³/mol. The van der Waals surface area contributed by atoms with Gasteiger partial charge in [0.1, 0.15) is 0 Å². The number of methoxy groups -OCH3 is 1. The number of hydrogen-bond donors (Lipinski definition) is 2. The van der Waals surface area contributed by atoms with Crippen molar-refractivity contribution >= 4 is 0 Å². The van der Waals surface area contributed by atoms with Crippen LogP contribution in [0.2, 0.25) is 0 Å². The summed E-state index contributed by atoms with van der Waals surface area (Å²) < 4.78 is 5.20. The zero-order valence-corrected chi connectivity index (χ0v) is 20.0. The Kier molecular flexibility index (Phi) is 11.9. The molecule has 0 fully saturated rings. The van der Waals surface area contributed by atoms with Gasteiger partial charge in [-0.25, -0.2) is 0 Å². The number of unbranched alkanes of at least 4 members (excludes halogenated alkanes) is 4. The second-order valence-corrected chi connectivity index (χ2v) is 8.89. The van der Waals surface area contributed by atoms with Gasteiger partial charge in [-0.1, -0.05) is 75.6 Å². The van der Waals surface area contributed by atoms with Crippen LogP contribution in [-0.4, -0.2) is 13.7 Å². The Labute approximate surface area is 190 Å². The second kappa shape index (κ2) is 14.4. The van der Waals surface area contributed by atoms with Crippen molar-refractivity contribution in [3.8, 4) is 0 Å². The topological polar surface area (TPSA) is 61.3 Å². The van der Waals surface area contributed by atoms with E-state index in [-0.39, 0.29) is 12.1 Å². The van der Waals surface area contributed by atoms with Crippen molar-refractivity contribution in [3.63, 3.8) is 0 Å². The first-order valence-corrected chi connectivity index (χ1v) is 12.3. The van der Waals surface area contributed by atoms with Crippen LogP contribution in [0.5, 0.6) is 0 Å². The van der Waals surface area contributed by atoms with E-state index in [0.29, 0.717) is 0 Å². The minimum atomic E-state index is -0.203. The molecule has 0 saturated carbocycles. The monoisotopic (exact) mass is 424 g/mol. The van der Waals surface area contributed by atoms with Crippen LogP contribution in [0.1, 0.15) is 98.7 Å². The third-order valence-corrected chi connectivity index (χ3v) is 6.16. The summed E-state index contributed by atoms with van der Waals surface area (Å²) >= 11 is 0. The summed E-state index contributed by atoms with van der Waals surface area (Å²) in [6, 6.07) is 15.3. The molecule has 0 aliphatic rings. The first kappa shape index (κ1) is 25.6. The maximum absolute atomic E-state index is 6.70. The molecule has 0 amide bonds. The highest BCUT2D eigenvalue weighted by atomic mass is 16.5. The number of benzene rings is 2. The molecule has 3 nitrogen and oxygen atoms in total. The van der Waals surface area contributed by atoms with Crippen LogP contribution in [0.15, 0.2) is 42.5 Å². The average Bonchev–Trinajstić information content (AvgIpc) is 2.80. The predicted octanol–water partition coefficient (Wildman–Crippen LogP) is 6.43. The Morgan fingerprint density at radius 3 is 1.81 bits per heavy atom. The van der Waals surface area contributed by atoms with E-state index >= 15 is 0 Å². The van der Waals surface area contributed by atoms with Crippen molar-refractivity contribution in [2.24, 2.45) is 11.5 Å². The van der Waals surface area contributed by atoms with Crippen molar-refractivity contribution in [2.45, 2.75) is 90.1 Å². The highest BCUT2D eigenvalue weighted by Gasteiger charge is 2.18. The fourth-order valence-corrected chi connectivity index (χ4v) is 4.13. The Morgan fingerprint density at radius 1 is 0.645 bits per heavy atom. The molecular weight excluding hydrogens is 380 g/mol. The summed E-state index contributed by atoms with van der Waals surface area (Å²) in [5, 5.41) is 0. The quantitative estimate of drug-likeness (QED) is 0.324. The van der Waals surface area contributed by atoms with E-state index in [1.165, 1.54) is 48.8 Å². The largest absolute Gasteiger partial charge is 0.385 e. The Bertz CT molecular complexity index is 741. The van der Waals surface area contributed by atoms with Crippen molar-refractivity contribution in [3.05, 3.63) is 70.3 Å². The van der Waals surface area contributed by atoms with E-state index in [9.17, 15) is 0 Å². The first-order chi connectivity index (χ1) is 15.1. The van der Waals surface area contributed by atoms with E-state index in [4.69, 9.17) is 16.2 Å². The lowest BCUT2D eigenvalue weighted by Crippen LogP contribution is -2.26. The van der Waals surface area contributed by atoms with Crippen LogP contribution < -0.4 is 11.5 Å². The molecule has 0 bridgehead atoms. The number of aryl methyl sites for hydroxylation is 3. The molecule has 0 radical (unpaired) electrons. The van der Waals surface area contributed by atoms with Crippen LogP contribution in [0, 0.1) is 0 Å². The van der Waals surface area contributed by atoms with E-state index in [0.717, 1.165) is 49.8 Å². The van der Waals surface area contributed by atoms with Gasteiger partial charge < -0.3 is 16.2 Å². The number of ether oxygens (including phenoxy) is 1. The molecule has 2 atom stereocenters. The van der Waals surface area contributed by atoms with Gasteiger partial charge in [0.05, 0.1) is 0 Å². The van der Waals surface area contributed by atoms with Gasteiger partial charge in [-0.15, -0.1) is 0 Å². The maximum atomic E-state index is 6.70. The zero-order chi connectivity index (χ0) is 22.5. The molecule has 31 heavy (non-hydrogen) atoms. The average molecular weight is 425 g/mol. The van der Waals surface area contributed by atoms with E-state index in [1.807, 2.05) is 0 Å². The summed E-state index contributed by atoms with van der Waals surface area (Å²) in [6.07, 6.45) is 11.7. The van der Waals surface area contributed by atoms with Gasteiger partial charge in [0.2, 0.25) is 0 Å². The van der Waals surface area contributed by atoms with Crippen LogP contribution >= 0.6 is 0 Å². The summed E-state index contributed by atoms with van der Waals surface area (Å²) in [7, 11) is 1.77. The lowest BCUT2D eigenvalue weighted by Gasteiger charge is -2.23. The highest BCUT2D eigenvalue weighted by molar-refractivity contribution is 5.35. The van der Waals surface area contributed by atoms with Gasteiger partial charge in [0.25, 0.3) is 0 Å². The van der Waals surface area contributed by atoms with Gasteiger partial charge in [0.15, 0.2) is 0 Å². The van der Waals surface area contributed by atoms with Crippen molar-refractivity contribution in [1.29, 1.82) is 0 Å². The summed E-state index contributed by atoms with van der Waals surface area (Å²) in [6.45, 7) is 5.30. The van der Waals surface area contributed by atoms with Crippen molar-refractivity contribution in [2.75, 3.05) is 13.7 Å². The Balaban J connectivity index is 2.12. The SMILES string of the molecule is CCCCCc1ccc(C(N)C(N)c2cc(CCCC)cc(CCCCOC)c2)cc1. The van der Waals surface area contributed by atoms with Gasteiger partial charge in [-0.05, 0) is 72.8 Å². The van der Waals surface area contributed by atoms with Crippen LogP contribution in [0.4, 0.5) is 0 Å². The lowest BCUT2D eigenvalue weighted by atomic mass is 9.90.